The van der Waals surface area contributed by atoms with Crippen LogP contribution in [0.2, 0.25) is 0 Å². The molecule has 114 valence electrons. The molecule has 0 bridgehead atoms. The minimum Gasteiger partial charge on any atom is -0.335 e. The van der Waals surface area contributed by atoms with Crippen LogP contribution in [0.15, 0.2) is 6.07 Å². The van der Waals surface area contributed by atoms with Crippen molar-refractivity contribution < 1.29 is 31.5 Å². The number of halogens is 5. The molecule has 1 aliphatic carbocycles. The van der Waals surface area contributed by atoms with E-state index in [1.54, 1.807) is 5.32 Å². The highest BCUT2D eigenvalue weighted by molar-refractivity contribution is 6.04. The number of nitrogens with one attached hydrogen (secondary N) is 2. The minimum atomic E-state index is -3.65. The number of carbonyl (C=O) groups excluding carboxylic acids is 2. The van der Waals surface area contributed by atoms with Gasteiger partial charge in [-0.2, -0.15) is 0 Å². The maximum absolute atomic E-state index is 13.7. The molecule has 0 spiro atoms. The van der Waals surface area contributed by atoms with Gasteiger partial charge in [-0.05, 0) is 18.9 Å². The Bertz CT molecular complexity index is 602. The SMILES string of the molecule is O=C(NC(=O)c1cc(F)c(F)c(C(F)F)c1F)NC1CC1. The molecule has 9 heteroatoms. The Morgan fingerprint density at radius 1 is 1.14 bits per heavy atom. The van der Waals surface area contributed by atoms with Gasteiger partial charge in [-0.3, -0.25) is 10.1 Å². The van der Waals surface area contributed by atoms with Crippen molar-refractivity contribution in [1.29, 1.82) is 0 Å². The van der Waals surface area contributed by atoms with Crippen LogP contribution in [0.1, 0.15) is 35.2 Å². The second-order valence-corrected chi connectivity index (χ2v) is 4.45. The fourth-order valence-corrected chi connectivity index (χ4v) is 1.60. The number of amides is 3. The molecule has 1 aliphatic rings. The third-order valence-corrected chi connectivity index (χ3v) is 2.79. The number of hydrogen-bond donors (Lipinski definition) is 2. The van der Waals surface area contributed by atoms with E-state index in [1.165, 1.54) is 0 Å². The van der Waals surface area contributed by atoms with Crippen LogP contribution in [0.5, 0.6) is 0 Å². The Hall–Kier alpha value is -2.19. The van der Waals surface area contributed by atoms with E-state index < -0.39 is 46.9 Å². The van der Waals surface area contributed by atoms with E-state index in [4.69, 9.17) is 0 Å². The van der Waals surface area contributed by atoms with Crippen LogP contribution in [-0.4, -0.2) is 18.0 Å². The van der Waals surface area contributed by atoms with Crippen molar-refractivity contribution in [2.75, 3.05) is 0 Å². The van der Waals surface area contributed by atoms with E-state index >= 15 is 0 Å². The summed E-state index contributed by atoms with van der Waals surface area (Å²) in [5, 5.41) is 3.99. The van der Waals surface area contributed by atoms with Crippen molar-refractivity contribution in [1.82, 2.24) is 10.6 Å². The molecule has 0 heterocycles. The van der Waals surface area contributed by atoms with Crippen LogP contribution in [0, 0.1) is 17.5 Å². The summed E-state index contributed by atoms with van der Waals surface area (Å²) < 4.78 is 64.9. The van der Waals surface area contributed by atoms with Crippen LogP contribution in [0.4, 0.5) is 26.7 Å². The Balaban J connectivity index is 2.25. The zero-order valence-electron chi connectivity index (χ0n) is 10.4. The lowest BCUT2D eigenvalue weighted by atomic mass is 10.1. The number of benzene rings is 1. The van der Waals surface area contributed by atoms with Gasteiger partial charge in [-0.1, -0.05) is 0 Å². The first-order valence-electron chi connectivity index (χ1n) is 5.88. The van der Waals surface area contributed by atoms with Crippen molar-refractivity contribution >= 4 is 11.9 Å². The molecule has 3 amide bonds. The monoisotopic (exact) mass is 308 g/mol. The number of carbonyl (C=O) groups is 2. The average molecular weight is 308 g/mol. The molecule has 0 unspecified atom stereocenters. The van der Waals surface area contributed by atoms with Crippen molar-refractivity contribution in [2.45, 2.75) is 25.3 Å². The molecule has 4 nitrogen and oxygen atoms in total. The van der Waals surface area contributed by atoms with Gasteiger partial charge in [0.15, 0.2) is 11.6 Å². The molecule has 1 aromatic rings. The third kappa shape index (κ3) is 3.29. The summed E-state index contributed by atoms with van der Waals surface area (Å²) in [6.07, 6.45) is -2.21. The van der Waals surface area contributed by atoms with Gasteiger partial charge in [0.1, 0.15) is 5.82 Å². The Morgan fingerprint density at radius 2 is 1.76 bits per heavy atom. The second-order valence-electron chi connectivity index (χ2n) is 4.45. The maximum Gasteiger partial charge on any atom is 0.321 e. The molecule has 21 heavy (non-hydrogen) atoms. The van der Waals surface area contributed by atoms with E-state index in [0.717, 1.165) is 12.8 Å². The van der Waals surface area contributed by atoms with Gasteiger partial charge in [-0.15, -0.1) is 0 Å². The van der Waals surface area contributed by atoms with Gasteiger partial charge in [-0.25, -0.2) is 26.7 Å². The fraction of sp³-hybridized carbons (Fsp3) is 0.333. The summed E-state index contributed by atoms with van der Waals surface area (Å²) >= 11 is 0. The van der Waals surface area contributed by atoms with Gasteiger partial charge in [0, 0.05) is 6.04 Å². The molecule has 0 saturated heterocycles. The number of rotatable bonds is 3. The number of urea groups is 1. The molecular formula is C12H9F5N2O2. The van der Waals surface area contributed by atoms with Crippen LogP contribution in [0.3, 0.4) is 0 Å². The van der Waals surface area contributed by atoms with Crippen molar-refractivity contribution in [3.63, 3.8) is 0 Å². The Labute approximate surface area is 115 Å². The largest absolute Gasteiger partial charge is 0.335 e. The van der Waals surface area contributed by atoms with Crippen LogP contribution >= 0.6 is 0 Å². The Morgan fingerprint density at radius 3 is 2.29 bits per heavy atom. The summed E-state index contributed by atoms with van der Waals surface area (Å²) in [5.74, 6) is -7.21. The van der Waals surface area contributed by atoms with Crippen LogP contribution in [0.25, 0.3) is 0 Å². The van der Waals surface area contributed by atoms with Gasteiger partial charge >= 0.3 is 6.03 Å². The van der Waals surface area contributed by atoms with E-state index in [-0.39, 0.29) is 12.1 Å². The predicted octanol–water partition coefficient (Wildman–Crippen LogP) is 2.64. The smallest absolute Gasteiger partial charge is 0.321 e. The summed E-state index contributed by atoms with van der Waals surface area (Å²) in [7, 11) is 0. The van der Waals surface area contributed by atoms with E-state index in [2.05, 4.69) is 5.32 Å². The third-order valence-electron chi connectivity index (χ3n) is 2.79. The predicted molar refractivity (Wildman–Crippen MR) is 60.3 cm³/mol. The van der Waals surface area contributed by atoms with E-state index in [9.17, 15) is 31.5 Å². The number of alkyl halides is 2. The van der Waals surface area contributed by atoms with E-state index in [0.29, 0.717) is 0 Å². The molecule has 2 N–H and O–H groups in total. The molecule has 0 radical (unpaired) electrons. The Kier molecular flexibility index (Phi) is 4.10. The highest BCUT2D eigenvalue weighted by Crippen LogP contribution is 2.29. The summed E-state index contributed by atoms with van der Waals surface area (Å²) in [6.45, 7) is 0. The average Bonchev–Trinajstić information content (AvgIpc) is 3.17. The molecule has 1 fully saturated rings. The molecule has 0 aromatic heterocycles. The van der Waals surface area contributed by atoms with Crippen molar-refractivity contribution in [3.8, 4) is 0 Å². The van der Waals surface area contributed by atoms with Crippen LogP contribution in [-0.2, 0) is 0 Å². The molecule has 1 saturated carbocycles. The molecular weight excluding hydrogens is 299 g/mol. The molecule has 0 atom stereocenters. The molecule has 2 rings (SSSR count). The first kappa shape index (κ1) is 15.2. The highest BCUT2D eigenvalue weighted by atomic mass is 19.3. The zero-order chi connectivity index (χ0) is 15.7. The lowest BCUT2D eigenvalue weighted by molar-refractivity contribution is 0.0956. The lowest BCUT2D eigenvalue weighted by Gasteiger charge is -2.10. The molecule has 0 aliphatic heterocycles. The number of imide groups is 1. The zero-order valence-corrected chi connectivity index (χ0v) is 10.4. The lowest BCUT2D eigenvalue weighted by Crippen LogP contribution is -2.40. The highest BCUT2D eigenvalue weighted by Gasteiger charge is 2.29. The van der Waals surface area contributed by atoms with Gasteiger partial charge in [0.05, 0.1) is 11.1 Å². The topological polar surface area (TPSA) is 58.2 Å². The molecule has 1 aromatic carbocycles. The fourth-order valence-electron chi connectivity index (χ4n) is 1.60. The standard InChI is InChI=1S/C12H9F5N2O2/c13-6-3-5(8(14)7(9(6)15)10(16)17)11(20)19-12(21)18-4-1-2-4/h3-4,10H,1-2H2,(H2,18,19,20,21). The van der Waals surface area contributed by atoms with Crippen LogP contribution < -0.4 is 10.6 Å². The summed E-state index contributed by atoms with van der Waals surface area (Å²) in [4.78, 5) is 22.8. The minimum absolute atomic E-state index is 0.107. The normalized spacial score (nSPS) is 14.2. The number of hydrogen-bond acceptors (Lipinski definition) is 2. The summed E-state index contributed by atoms with van der Waals surface area (Å²) in [6, 6.07) is -0.953. The maximum atomic E-state index is 13.7. The van der Waals surface area contributed by atoms with Gasteiger partial charge in [0.25, 0.3) is 12.3 Å². The van der Waals surface area contributed by atoms with Crippen molar-refractivity contribution in [3.05, 3.63) is 34.6 Å². The summed E-state index contributed by atoms with van der Waals surface area (Å²) in [5.41, 5.74) is -3.02. The first-order valence-corrected chi connectivity index (χ1v) is 5.88. The van der Waals surface area contributed by atoms with Gasteiger partial charge in [0.2, 0.25) is 0 Å². The van der Waals surface area contributed by atoms with Gasteiger partial charge < -0.3 is 5.32 Å². The quantitative estimate of drug-likeness (QED) is 0.666. The first-order chi connectivity index (χ1) is 9.81. The second kappa shape index (κ2) is 5.66. The van der Waals surface area contributed by atoms with E-state index in [1.807, 2.05) is 0 Å². The van der Waals surface area contributed by atoms with Crippen molar-refractivity contribution in [2.24, 2.45) is 0 Å².